The highest BCUT2D eigenvalue weighted by Crippen LogP contribution is 2.40. The number of nitrogens with zero attached hydrogens (tertiary/aromatic N) is 3. The lowest BCUT2D eigenvalue weighted by Crippen LogP contribution is -2.40. The number of dihydropyridines is 1. The van der Waals surface area contributed by atoms with Gasteiger partial charge in [-0.1, -0.05) is 32.1 Å². The normalized spacial score (nSPS) is 18.3. The first-order valence-corrected chi connectivity index (χ1v) is 13.2. The average Bonchev–Trinajstić information content (AvgIpc) is 3.11. The van der Waals surface area contributed by atoms with E-state index in [1.54, 1.807) is 26.0 Å². The van der Waals surface area contributed by atoms with Gasteiger partial charge in [0.05, 0.1) is 35.7 Å². The number of hydrogen-bond donors (Lipinski definition) is 1. The number of rotatable bonds is 10. The second-order valence-electron chi connectivity index (χ2n) is 10.9. The highest BCUT2D eigenvalue weighted by Gasteiger charge is 2.39. The van der Waals surface area contributed by atoms with Crippen molar-refractivity contribution in [2.45, 2.75) is 40.0 Å². The number of carbonyl (C=O) groups is 2. The lowest BCUT2D eigenvalue weighted by Gasteiger charge is -2.33. The zero-order valence-corrected chi connectivity index (χ0v) is 26.1. The number of hydrogen-bond acceptors (Lipinski definition) is 9. The van der Waals surface area contributed by atoms with Crippen molar-refractivity contribution in [3.8, 4) is 0 Å². The Morgan fingerprint density at radius 3 is 2.32 bits per heavy atom. The van der Waals surface area contributed by atoms with Crippen LogP contribution in [0.1, 0.15) is 45.6 Å². The van der Waals surface area contributed by atoms with E-state index in [-0.39, 0.29) is 53.7 Å². The van der Waals surface area contributed by atoms with Gasteiger partial charge in [-0.2, -0.15) is 0 Å². The van der Waals surface area contributed by atoms with E-state index >= 15 is 0 Å². The maximum Gasteiger partial charge on any atom is 0.336 e. The van der Waals surface area contributed by atoms with E-state index in [1.165, 1.54) is 19.2 Å². The van der Waals surface area contributed by atoms with E-state index in [4.69, 9.17) is 9.47 Å². The molecule has 3 rings (SSSR count). The average molecular weight is 614 g/mol. The number of nitrogens with one attached hydrogen (secondary N) is 1. The van der Waals surface area contributed by atoms with Crippen molar-refractivity contribution < 1.29 is 24.0 Å². The predicted octanol–water partition coefficient (Wildman–Crippen LogP) is 4.61. The van der Waals surface area contributed by atoms with Crippen molar-refractivity contribution in [2.75, 3.05) is 53.0 Å². The number of halogens is 2. The summed E-state index contributed by atoms with van der Waals surface area (Å²) in [6.07, 6.45) is 2.99. The molecule has 1 atom stereocenters. The molecule has 0 amide bonds. The summed E-state index contributed by atoms with van der Waals surface area (Å²) in [5, 5.41) is 14.6. The molecule has 1 aromatic carbocycles. The Kier molecular flexibility index (Phi) is 14.0. The molecule has 228 valence electrons. The number of nitro benzene ring substituents is 1. The number of benzene rings is 1. The second kappa shape index (κ2) is 15.9. The molecule has 1 fully saturated rings. The zero-order valence-electron chi connectivity index (χ0n) is 24.4. The van der Waals surface area contributed by atoms with Crippen molar-refractivity contribution >= 4 is 42.4 Å². The largest absolute Gasteiger partial charge is 0.466 e. The fraction of sp³-hybridized carbons (Fsp3) is 0.517. The summed E-state index contributed by atoms with van der Waals surface area (Å²) in [5.74, 6) is -2.08. The molecule has 12 heteroatoms. The third kappa shape index (κ3) is 9.29. The van der Waals surface area contributed by atoms with Crippen molar-refractivity contribution in [1.82, 2.24) is 15.1 Å². The highest BCUT2D eigenvalue weighted by molar-refractivity contribution is 5.99. The molecule has 2 aliphatic rings. The van der Waals surface area contributed by atoms with Crippen LogP contribution in [-0.2, 0) is 19.1 Å². The lowest BCUT2D eigenvalue weighted by atomic mass is 9.80. The Hall–Kier alpha value is -2.92. The smallest absolute Gasteiger partial charge is 0.336 e. The summed E-state index contributed by atoms with van der Waals surface area (Å²) < 4.78 is 10.9. The summed E-state index contributed by atoms with van der Waals surface area (Å²) >= 11 is 0. The van der Waals surface area contributed by atoms with Gasteiger partial charge in [0.2, 0.25) is 0 Å². The third-order valence-electron chi connectivity index (χ3n) is 7.11. The second-order valence-corrected chi connectivity index (χ2v) is 10.9. The Morgan fingerprint density at radius 1 is 1.10 bits per heavy atom. The molecule has 0 aliphatic carbocycles. The van der Waals surface area contributed by atoms with E-state index < -0.39 is 22.8 Å². The quantitative estimate of drug-likeness (QED) is 0.175. The number of esters is 2. The van der Waals surface area contributed by atoms with Crippen molar-refractivity contribution in [3.63, 3.8) is 0 Å². The van der Waals surface area contributed by atoms with Gasteiger partial charge in [-0.3, -0.25) is 15.0 Å². The Labute approximate surface area is 254 Å². The van der Waals surface area contributed by atoms with E-state index in [0.29, 0.717) is 17.0 Å². The molecule has 2 heterocycles. The van der Waals surface area contributed by atoms with Crippen LogP contribution in [0.2, 0.25) is 0 Å². The van der Waals surface area contributed by atoms with Gasteiger partial charge < -0.3 is 19.7 Å². The molecule has 1 aromatic rings. The lowest BCUT2D eigenvalue weighted by molar-refractivity contribution is -0.384. The summed E-state index contributed by atoms with van der Waals surface area (Å²) in [6, 6.07) is 5.96. The first-order valence-electron chi connectivity index (χ1n) is 13.2. The van der Waals surface area contributed by atoms with Gasteiger partial charge in [0.25, 0.3) is 5.69 Å². The molecule has 41 heavy (non-hydrogen) atoms. The predicted molar refractivity (Wildman–Crippen MR) is 163 cm³/mol. The molecule has 1 N–H and O–H groups in total. The Morgan fingerprint density at radius 2 is 1.71 bits per heavy atom. The third-order valence-corrected chi connectivity index (χ3v) is 7.11. The molecule has 2 aliphatic heterocycles. The first-order chi connectivity index (χ1) is 18.5. The van der Waals surface area contributed by atoms with Crippen molar-refractivity contribution in [3.05, 3.63) is 75.1 Å². The molecule has 10 nitrogen and oxygen atoms in total. The van der Waals surface area contributed by atoms with E-state index in [2.05, 4.69) is 35.5 Å². The zero-order chi connectivity index (χ0) is 28.7. The summed E-state index contributed by atoms with van der Waals surface area (Å²) in [5.41, 5.74) is 1.45. The maximum atomic E-state index is 13.6. The Bertz CT molecular complexity index is 1180. The minimum Gasteiger partial charge on any atom is -0.466 e. The number of carbonyl (C=O) groups excluding carboxylic acids is 2. The number of ether oxygens (including phenoxy) is 2. The molecule has 0 saturated carbocycles. The number of non-ortho nitro benzene ring substituents is 1. The number of methoxy groups -OCH3 is 1. The molecule has 1 unspecified atom stereocenters. The molecule has 0 bridgehead atoms. The van der Waals surface area contributed by atoms with Gasteiger partial charge in [0, 0.05) is 55.1 Å². The van der Waals surface area contributed by atoms with Gasteiger partial charge in [-0.25, -0.2) is 9.59 Å². The van der Waals surface area contributed by atoms with Crippen molar-refractivity contribution in [2.24, 2.45) is 5.41 Å². The molecule has 0 radical (unpaired) electrons. The minimum atomic E-state index is -0.879. The van der Waals surface area contributed by atoms with Crippen LogP contribution in [0.4, 0.5) is 5.69 Å². The topological polar surface area (TPSA) is 114 Å². The molecule has 1 saturated heterocycles. The highest BCUT2D eigenvalue weighted by atomic mass is 35.5. The number of nitro groups is 1. The molecule has 0 spiro atoms. The van der Waals surface area contributed by atoms with E-state index in [0.717, 1.165) is 45.7 Å². The molecular formula is C29H42Cl2N4O6. The first kappa shape index (κ1) is 36.1. The van der Waals surface area contributed by atoms with Crippen LogP contribution >= 0.6 is 24.8 Å². The van der Waals surface area contributed by atoms with Crippen LogP contribution in [0, 0.1) is 15.5 Å². The standard InChI is InChI=1S/C29H40N4O6.2ClH/c1-7-12-31-13-9-14-32(16-15-31)18-29(4,5)19-39-28(35)25-21(3)30-20(2)24(27(34)38-6)26(25)22-10-8-11-23(17-22)33(36)37;;/h7-8,10-11,17,26,30H,1,9,12-16,18-19H2,2-6H3;2*1H. The monoisotopic (exact) mass is 612 g/mol. The fourth-order valence-electron chi connectivity index (χ4n) is 5.33. The molecular weight excluding hydrogens is 571 g/mol. The Balaban J connectivity index is 0.00000420. The fourth-order valence-corrected chi connectivity index (χ4v) is 5.33. The SMILES string of the molecule is C=CCN1CCCN(CC(C)(C)COC(=O)C2=C(C)NC(C)=C(C(=O)OC)C2c2cccc([N+](=O)[O-])c2)CC1.Cl.Cl. The van der Waals surface area contributed by atoms with Crippen LogP contribution < -0.4 is 5.32 Å². The van der Waals surface area contributed by atoms with Crippen molar-refractivity contribution in [1.29, 1.82) is 0 Å². The van der Waals surface area contributed by atoms with Crippen LogP contribution in [0.5, 0.6) is 0 Å². The van der Waals surface area contributed by atoms with E-state index in [1.807, 2.05) is 6.08 Å². The maximum absolute atomic E-state index is 13.6. The van der Waals surface area contributed by atoms with Gasteiger partial charge in [0.1, 0.15) is 0 Å². The summed E-state index contributed by atoms with van der Waals surface area (Å²) in [4.78, 5) is 42.2. The van der Waals surface area contributed by atoms with Gasteiger partial charge >= 0.3 is 11.9 Å². The summed E-state index contributed by atoms with van der Waals surface area (Å²) in [7, 11) is 1.26. The minimum absolute atomic E-state index is 0. The van der Waals surface area contributed by atoms with Crippen LogP contribution in [0.25, 0.3) is 0 Å². The molecule has 0 aromatic heterocycles. The summed E-state index contributed by atoms with van der Waals surface area (Å²) in [6.45, 7) is 17.1. The van der Waals surface area contributed by atoms with Gasteiger partial charge in [0.15, 0.2) is 0 Å². The van der Waals surface area contributed by atoms with Crippen LogP contribution in [0.15, 0.2) is 59.5 Å². The van der Waals surface area contributed by atoms with Gasteiger partial charge in [-0.05, 0) is 38.9 Å². The van der Waals surface area contributed by atoms with Crippen LogP contribution in [-0.4, -0.2) is 79.6 Å². The van der Waals surface area contributed by atoms with Crippen LogP contribution in [0.3, 0.4) is 0 Å². The van der Waals surface area contributed by atoms with Gasteiger partial charge in [-0.15, -0.1) is 31.4 Å². The number of allylic oxidation sites excluding steroid dienone is 2. The van der Waals surface area contributed by atoms with E-state index in [9.17, 15) is 19.7 Å².